The molecule has 1 aromatic rings. The highest BCUT2D eigenvalue weighted by molar-refractivity contribution is 7.82. The molecule has 1 aliphatic rings. The van der Waals surface area contributed by atoms with E-state index in [1.807, 2.05) is 0 Å². The number of benzene rings is 1. The Labute approximate surface area is 112 Å². The van der Waals surface area contributed by atoms with E-state index in [-0.39, 0.29) is 11.3 Å². The van der Waals surface area contributed by atoms with Gasteiger partial charge in [-0.25, -0.2) is 8.37 Å². The topological polar surface area (TPSA) is 162 Å². The largest absolute Gasteiger partial charge is 0.405 e. The summed E-state index contributed by atoms with van der Waals surface area (Å²) in [6.07, 6.45) is 0. The fourth-order valence-electron chi connectivity index (χ4n) is 1.71. The van der Waals surface area contributed by atoms with Crippen molar-refractivity contribution in [2.45, 2.75) is 11.5 Å². The Kier molecular flexibility index (Phi) is 3.28. The van der Waals surface area contributed by atoms with E-state index in [4.69, 9.17) is 10.8 Å². The van der Waals surface area contributed by atoms with Gasteiger partial charge < -0.3 is 10.2 Å². The SMILES string of the molecule is NC1(CO)OS(=O)(=O)OC1(O)c1ccc([N+](=O)[O-])cc1. The standard InChI is InChI=1S/C9H10N2O8S/c10-8(5-12)9(13,19-20(16,17)18-8)6-1-3-7(4-2-6)11(14)15/h1-4,12-13H,5,10H2. The Hall–Kier alpha value is -1.63. The number of aliphatic hydroxyl groups is 2. The third kappa shape index (κ3) is 2.15. The molecule has 0 aromatic heterocycles. The first-order valence-corrected chi connectivity index (χ1v) is 6.50. The molecular formula is C9H10N2O8S. The second-order valence-electron chi connectivity index (χ2n) is 4.07. The second kappa shape index (κ2) is 4.44. The van der Waals surface area contributed by atoms with Gasteiger partial charge in [0.1, 0.15) is 0 Å². The van der Waals surface area contributed by atoms with Crippen molar-refractivity contribution in [3.8, 4) is 0 Å². The van der Waals surface area contributed by atoms with Crippen LogP contribution in [0.4, 0.5) is 5.69 Å². The number of nitro groups is 1. The molecule has 0 bridgehead atoms. The molecular weight excluding hydrogens is 296 g/mol. The molecule has 2 atom stereocenters. The Morgan fingerprint density at radius 1 is 1.30 bits per heavy atom. The van der Waals surface area contributed by atoms with Crippen molar-refractivity contribution in [2.75, 3.05) is 6.61 Å². The van der Waals surface area contributed by atoms with Crippen molar-refractivity contribution >= 4 is 16.1 Å². The first-order valence-electron chi connectivity index (χ1n) is 5.17. The Balaban J connectivity index is 2.51. The number of nitrogens with two attached hydrogens (primary N) is 1. The zero-order valence-electron chi connectivity index (χ0n) is 9.79. The van der Waals surface area contributed by atoms with Crippen molar-refractivity contribution in [1.29, 1.82) is 0 Å². The molecule has 0 amide bonds. The first kappa shape index (κ1) is 14.8. The van der Waals surface area contributed by atoms with E-state index in [0.717, 1.165) is 24.3 Å². The van der Waals surface area contributed by atoms with E-state index < -0.39 is 33.4 Å². The maximum absolute atomic E-state index is 11.3. The van der Waals surface area contributed by atoms with Crippen LogP contribution < -0.4 is 5.73 Å². The van der Waals surface area contributed by atoms with Crippen molar-refractivity contribution < 1.29 is 31.9 Å². The van der Waals surface area contributed by atoms with Gasteiger partial charge in [0, 0.05) is 17.7 Å². The van der Waals surface area contributed by atoms with Crippen LogP contribution in [0.5, 0.6) is 0 Å². The fraction of sp³-hybridized carbons (Fsp3) is 0.333. The molecule has 11 heteroatoms. The number of aliphatic hydroxyl groups excluding tert-OH is 1. The smallest absolute Gasteiger partial charge is 0.392 e. The summed E-state index contributed by atoms with van der Waals surface area (Å²) in [7, 11) is -4.62. The van der Waals surface area contributed by atoms with Gasteiger partial charge in [-0.05, 0) is 12.1 Å². The minimum atomic E-state index is -4.62. The molecule has 1 heterocycles. The van der Waals surface area contributed by atoms with Crippen molar-refractivity contribution in [2.24, 2.45) is 5.73 Å². The molecule has 110 valence electrons. The van der Waals surface area contributed by atoms with Gasteiger partial charge in [0.2, 0.25) is 5.72 Å². The molecule has 0 radical (unpaired) electrons. The highest BCUT2D eigenvalue weighted by Gasteiger charge is 2.63. The van der Waals surface area contributed by atoms with Crippen LogP contribution in [0.1, 0.15) is 5.56 Å². The molecule has 0 saturated carbocycles. The van der Waals surface area contributed by atoms with Crippen molar-refractivity contribution in [3.63, 3.8) is 0 Å². The highest BCUT2D eigenvalue weighted by Crippen LogP contribution is 2.42. The molecule has 1 fully saturated rings. The van der Waals surface area contributed by atoms with Gasteiger partial charge in [0.15, 0.2) is 0 Å². The van der Waals surface area contributed by atoms with E-state index in [2.05, 4.69) is 8.37 Å². The number of rotatable bonds is 3. The van der Waals surface area contributed by atoms with Crippen LogP contribution in [0.25, 0.3) is 0 Å². The summed E-state index contributed by atoms with van der Waals surface area (Å²) in [4.78, 5) is 9.84. The van der Waals surface area contributed by atoms with Crippen LogP contribution in [-0.2, 0) is 24.6 Å². The molecule has 4 N–H and O–H groups in total. The highest BCUT2D eigenvalue weighted by atomic mass is 32.3. The zero-order valence-corrected chi connectivity index (χ0v) is 10.6. The number of hydrogen-bond acceptors (Lipinski definition) is 9. The maximum atomic E-state index is 11.3. The molecule has 2 rings (SSSR count). The van der Waals surface area contributed by atoms with Gasteiger partial charge in [-0.3, -0.25) is 15.8 Å². The van der Waals surface area contributed by atoms with Gasteiger partial charge in [-0.1, -0.05) is 0 Å². The van der Waals surface area contributed by atoms with E-state index >= 15 is 0 Å². The van der Waals surface area contributed by atoms with Crippen LogP contribution in [-0.4, -0.2) is 35.9 Å². The maximum Gasteiger partial charge on any atom is 0.405 e. The van der Waals surface area contributed by atoms with Crippen LogP contribution in [0.15, 0.2) is 24.3 Å². The monoisotopic (exact) mass is 306 g/mol. The van der Waals surface area contributed by atoms with E-state index in [0.29, 0.717) is 0 Å². The second-order valence-corrected chi connectivity index (χ2v) is 5.22. The predicted molar refractivity (Wildman–Crippen MR) is 62.1 cm³/mol. The predicted octanol–water partition coefficient (Wildman–Crippen LogP) is -1.32. The molecule has 10 nitrogen and oxygen atoms in total. The third-order valence-electron chi connectivity index (χ3n) is 2.75. The lowest BCUT2D eigenvalue weighted by Gasteiger charge is -2.31. The van der Waals surface area contributed by atoms with Gasteiger partial charge in [0.05, 0.1) is 11.5 Å². The van der Waals surface area contributed by atoms with Crippen molar-refractivity contribution in [3.05, 3.63) is 39.9 Å². The van der Waals surface area contributed by atoms with Gasteiger partial charge >= 0.3 is 10.4 Å². The third-order valence-corrected chi connectivity index (χ3v) is 3.70. The lowest BCUT2D eigenvalue weighted by Crippen LogP contribution is -2.59. The molecule has 1 aromatic carbocycles. The van der Waals surface area contributed by atoms with Gasteiger partial charge in [-0.2, -0.15) is 8.42 Å². The minimum absolute atomic E-state index is 0.222. The summed E-state index contributed by atoms with van der Waals surface area (Å²) in [6.45, 7) is -1.07. The summed E-state index contributed by atoms with van der Waals surface area (Å²) in [5, 5.41) is 29.9. The molecule has 2 unspecified atom stereocenters. The fourth-order valence-corrected chi connectivity index (χ4v) is 2.81. The van der Waals surface area contributed by atoms with E-state index in [9.17, 15) is 23.6 Å². The van der Waals surface area contributed by atoms with E-state index in [1.165, 1.54) is 0 Å². The lowest BCUT2D eigenvalue weighted by atomic mass is 9.95. The van der Waals surface area contributed by atoms with Crippen LogP contribution in [0.2, 0.25) is 0 Å². The quantitative estimate of drug-likeness (QED) is 0.454. The molecule has 0 spiro atoms. The Morgan fingerprint density at radius 2 is 1.85 bits per heavy atom. The summed E-state index contributed by atoms with van der Waals surface area (Å²) in [5.41, 5.74) is 2.52. The molecule has 1 aliphatic heterocycles. The number of hydrogen-bond donors (Lipinski definition) is 3. The van der Waals surface area contributed by atoms with E-state index in [1.54, 1.807) is 0 Å². The molecule has 20 heavy (non-hydrogen) atoms. The normalized spacial score (nSPS) is 32.1. The van der Waals surface area contributed by atoms with Crippen LogP contribution in [0.3, 0.4) is 0 Å². The Bertz CT molecular complexity index is 644. The molecule has 1 saturated heterocycles. The average Bonchev–Trinajstić information content (AvgIpc) is 2.56. The summed E-state index contributed by atoms with van der Waals surface area (Å²) in [6, 6.07) is 4.11. The van der Waals surface area contributed by atoms with Crippen LogP contribution >= 0.6 is 0 Å². The summed E-state index contributed by atoms with van der Waals surface area (Å²) in [5.74, 6) is -2.70. The molecule has 0 aliphatic carbocycles. The lowest BCUT2D eigenvalue weighted by molar-refractivity contribution is -0.384. The first-order chi connectivity index (χ1) is 9.13. The zero-order chi connectivity index (χ0) is 15.2. The van der Waals surface area contributed by atoms with Gasteiger partial charge in [-0.15, -0.1) is 0 Å². The summed E-state index contributed by atoms with van der Waals surface area (Å²) >= 11 is 0. The Morgan fingerprint density at radius 3 is 2.30 bits per heavy atom. The summed E-state index contributed by atoms with van der Waals surface area (Å²) < 4.78 is 31.2. The number of nitro benzene ring substituents is 1. The number of nitrogens with zero attached hydrogens (tertiary/aromatic N) is 1. The number of non-ortho nitro benzene ring substituents is 1. The van der Waals surface area contributed by atoms with Crippen molar-refractivity contribution in [1.82, 2.24) is 0 Å². The average molecular weight is 306 g/mol. The van der Waals surface area contributed by atoms with Crippen LogP contribution in [0, 0.1) is 10.1 Å². The minimum Gasteiger partial charge on any atom is -0.392 e. The van der Waals surface area contributed by atoms with Gasteiger partial charge in [0.25, 0.3) is 11.5 Å².